The molecule has 0 aromatic heterocycles. The van der Waals surface area contributed by atoms with Crippen LogP contribution in [0.3, 0.4) is 0 Å². The molecule has 0 aliphatic heterocycles. The van der Waals surface area contributed by atoms with Crippen LogP contribution in [0.1, 0.15) is 40.3 Å². The second-order valence-corrected chi connectivity index (χ2v) is 7.43. The number of hydrogen-bond acceptors (Lipinski definition) is 0. The highest BCUT2D eigenvalue weighted by atomic mass is 14.2. The van der Waals surface area contributed by atoms with Crippen LogP contribution >= 0.6 is 0 Å². The third-order valence-corrected chi connectivity index (χ3v) is 4.93. The van der Waals surface area contributed by atoms with Gasteiger partial charge >= 0.3 is 0 Å². The first-order valence-electron chi connectivity index (χ1n) is 9.59. The lowest BCUT2D eigenvalue weighted by Gasteiger charge is -2.03. The van der Waals surface area contributed by atoms with Crippen LogP contribution in [0.15, 0.2) is 84.4 Å². The maximum absolute atomic E-state index is 2.31. The molecule has 0 saturated carbocycles. The molecule has 27 heavy (non-hydrogen) atoms. The molecular formula is C27H28. The lowest BCUT2D eigenvalue weighted by molar-refractivity contribution is 1.18. The molecule has 0 nitrogen and oxygen atoms in total. The van der Waals surface area contributed by atoms with Gasteiger partial charge in [-0.15, -0.1) is 0 Å². The summed E-state index contributed by atoms with van der Waals surface area (Å²) in [6.45, 7) is 8.59. The smallest absolute Gasteiger partial charge is 0.00544 e. The van der Waals surface area contributed by atoms with E-state index in [4.69, 9.17) is 0 Å². The zero-order valence-corrected chi connectivity index (χ0v) is 16.8. The predicted octanol–water partition coefficient (Wildman–Crippen LogP) is 7.34. The van der Waals surface area contributed by atoms with Crippen molar-refractivity contribution in [3.8, 4) is 0 Å². The van der Waals surface area contributed by atoms with Crippen LogP contribution < -0.4 is 0 Å². The van der Waals surface area contributed by atoms with Crippen LogP contribution in [0.5, 0.6) is 0 Å². The summed E-state index contributed by atoms with van der Waals surface area (Å²) < 4.78 is 0. The summed E-state index contributed by atoms with van der Waals surface area (Å²) in [6.07, 6.45) is 5.55. The van der Waals surface area contributed by atoms with Crippen LogP contribution in [0.25, 0.3) is 11.6 Å². The molecule has 0 N–H and O–H groups in total. The third-order valence-electron chi connectivity index (χ3n) is 4.93. The minimum atomic E-state index is 1.09. The molecule has 0 saturated heterocycles. The second-order valence-electron chi connectivity index (χ2n) is 7.43. The van der Waals surface area contributed by atoms with Crippen molar-refractivity contribution >= 4 is 11.6 Å². The lowest BCUT2D eigenvalue weighted by atomic mass is 10.0. The highest BCUT2D eigenvalue weighted by Gasteiger charge is 2.16. The molecule has 1 aliphatic carbocycles. The Morgan fingerprint density at radius 1 is 0.630 bits per heavy atom. The van der Waals surface area contributed by atoms with Crippen molar-refractivity contribution in [3.05, 3.63) is 118 Å². The van der Waals surface area contributed by atoms with Gasteiger partial charge in [-0.1, -0.05) is 107 Å². The first kappa shape index (κ1) is 18.9. The number of benzene rings is 3. The van der Waals surface area contributed by atoms with Gasteiger partial charge in [0.25, 0.3) is 0 Å². The maximum atomic E-state index is 2.31. The molecule has 0 unspecified atom stereocenters. The molecule has 0 spiro atoms. The van der Waals surface area contributed by atoms with Gasteiger partial charge in [-0.05, 0) is 56.4 Å². The average Bonchev–Trinajstić information content (AvgIpc) is 2.98. The first-order valence-corrected chi connectivity index (χ1v) is 9.59. The zero-order chi connectivity index (χ0) is 19.2. The standard InChI is InChI=1S/C19H18.C8H10/c1-14-8-10-19-17(12-14)13-15(2)18(19)11-9-16-6-4-3-5-7-16;1-7-3-5-8(2)6-4-7/h3-12H,13H2,1-2H3;3-6H,1-2H3/b11-9+;. The number of hydrogen-bond donors (Lipinski definition) is 0. The van der Waals surface area contributed by atoms with Crippen LogP contribution in [-0.2, 0) is 6.42 Å². The van der Waals surface area contributed by atoms with E-state index in [9.17, 15) is 0 Å². The normalized spacial score (nSPS) is 12.7. The molecule has 0 atom stereocenters. The van der Waals surface area contributed by atoms with Crippen LogP contribution in [0, 0.1) is 20.8 Å². The Hall–Kier alpha value is -2.86. The van der Waals surface area contributed by atoms with Gasteiger partial charge < -0.3 is 0 Å². The minimum absolute atomic E-state index is 1.09. The van der Waals surface area contributed by atoms with Gasteiger partial charge in [0.1, 0.15) is 0 Å². The van der Waals surface area contributed by atoms with E-state index in [1.54, 1.807) is 0 Å². The van der Waals surface area contributed by atoms with Crippen molar-refractivity contribution < 1.29 is 0 Å². The topological polar surface area (TPSA) is 0 Å². The molecule has 0 radical (unpaired) electrons. The molecule has 3 aromatic carbocycles. The molecule has 4 rings (SSSR count). The fraction of sp³-hybridized carbons (Fsp3) is 0.185. The summed E-state index contributed by atoms with van der Waals surface area (Å²) in [4.78, 5) is 0. The van der Waals surface area contributed by atoms with Gasteiger partial charge in [-0.25, -0.2) is 0 Å². The van der Waals surface area contributed by atoms with Gasteiger partial charge in [0.2, 0.25) is 0 Å². The molecule has 0 fully saturated rings. The minimum Gasteiger partial charge on any atom is -0.0622 e. The fourth-order valence-corrected chi connectivity index (χ4v) is 3.35. The average molecular weight is 353 g/mol. The Morgan fingerprint density at radius 2 is 1.22 bits per heavy atom. The molecule has 0 amide bonds. The van der Waals surface area contributed by atoms with E-state index in [0.717, 1.165) is 6.42 Å². The number of aryl methyl sites for hydroxylation is 3. The Balaban J connectivity index is 0.000000221. The van der Waals surface area contributed by atoms with Crippen LogP contribution in [0.2, 0.25) is 0 Å². The number of rotatable bonds is 2. The van der Waals surface area contributed by atoms with E-state index >= 15 is 0 Å². The summed E-state index contributed by atoms with van der Waals surface area (Å²) in [7, 11) is 0. The summed E-state index contributed by atoms with van der Waals surface area (Å²) in [5, 5.41) is 0. The first-order chi connectivity index (χ1) is 13.0. The van der Waals surface area contributed by atoms with Gasteiger partial charge in [0, 0.05) is 0 Å². The summed E-state index contributed by atoms with van der Waals surface area (Å²) >= 11 is 0. The van der Waals surface area contributed by atoms with Crippen LogP contribution in [0.4, 0.5) is 0 Å². The Kier molecular flexibility index (Phi) is 6.08. The summed E-state index contributed by atoms with van der Waals surface area (Å²) in [5.41, 5.74) is 11.0. The second kappa shape index (κ2) is 8.68. The quantitative estimate of drug-likeness (QED) is 0.452. The molecule has 0 heterocycles. The number of fused-ring (bicyclic) bond motifs is 1. The molecule has 136 valence electrons. The fourth-order valence-electron chi connectivity index (χ4n) is 3.35. The van der Waals surface area contributed by atoms with E-state index in [-0.39, 0.29) is 0 Å². The molecule has 1 aliphatic rings. The Labute approximate surface area is 163 Å². The largest absolute Gasteiger partial charge is 0.0622 e. The Bertz CT molecular complexity index is 934. The van der Waals surface area contributed by atoms with Crippen molar-refractivity contribution in [2.75, 3.05) is 0 Å². The molecule has 0 bridgehead atoms. The van der Waals surface area contributed by atoms with Crippen molar-refractivity contribution in [2.45, 2.75) is 34.1 Å². The number of allylic oxidation sites excluding steroid dienone is 3. The summed E-state index contributed by atoms with van der Waals surface area (Å²) in [6, 6.07) is 25.7. The maximum Gasteiger partial charge on any atom is -0.00544 e. The van der Waals surface area contributed by atoms with Gasteiger partial charge in [-0.3, -0.25) is 0 Å². The highest BCUT2D eigenvalue weighted by Crippen LogP contribution is 2.34. The lowest BCUT2D eigenvalue weighted by Crippen LogP contribution is -1.84. The Morgan fingerprint density at radius 3 is 1.85 bits per heavy atom. The van der Waals surface area contributed by atoms with E-state index in [0.29, 0.717) is 0 Å². The zero-order valence-electron chi connectivity index (χ0n) is 16.8. The third kappa shape index (κ3) is 5.08. The van der Waals surface area contributed by atoms with Crippen molar-refractivity contribution in [1.82, 2.24) is 0 Å². The highest BCUT2D eigenvalue weighted by molar-refractivity contribution is 5.85. The van der Waals surface area contributed by atoms with Crippen molar-refractivity contribution in [3.63, 3.8) is 0 Å². The predicted molar refractivity (Wildman–Crippen MR) is 119 cm³/mol. The monoisotopic (exact) mass is 352 g/mol. The molecule has 3 aromatic rings. The van der Waals surface area contributed by atoms with Crippen LogP contribution in [-0.4, -0.2) is 0 Å². The van der Waals surface area contributed by atoms with E-state index in [1.165, 1.54) is 44.5 Å². The molecule has 0 heteroatoms. The van der Waals surface area contributed by atoms with E-state index in [1.807, 2.05) is 0 Å². The van der Waals surface area contributed by atoms with Crippen molar-refractivity contribution in [2.24, 2.45) is 0 Å². The van der Waals surface area contributed by atoms with Crippen molar-refractivity contribution in [1.29, 1.82) is 0 Å². The van der Waals surface area contributed by atoms with E-state index in [2.05, 4.69) is 113 Å². The van der Waals surface area contributed by atoms with Gasteiger partial charge in [0.05, 0.1) is 0 Å². The van der Waals surface area contributed by atoms with Gasteiger partial charge in [0.15, 0.2) is 0 Å². The SMILES string of the molecule is CC1=C(/C=C/c2ccccc2)c2ccc(C)cc2C1.Cc1ccc(C)cc1. The molecular weight excluding hydrogens is 324 g/mol. The van der Waals surface area contributed by atoms with E-state index < -0.39 is 0 Å². The summed E-state index contributed by atoms with van der Waals surface area (Å²) in [5.74, 6) is 0. The van der Waals surface area contributed by atoms with Gasteiger partial charge in [-0.2, -0.15) is 0 Å².